The minimum Gasteiger partial charge on any atom is -0.469 e. The monoisotopic (exact) mass is 314 g/mol. The predicted octanol–water partition coefficient (Wildman–Crippen LogP) is 1.33. The number of hydrogen-bond donors (Lipinski definition) is 0. The third-order valence-corrected chi connectivity index (χ3v) is 5.00. The summed E-state index contributed by atoms with van der Waals surface area (Å²) in [6, 6.07) is 6.64. The zero-order valence-electron chi connectivity index (χ0n) is 12.9. The summed E-state index contributed by atoms with van der Waals surface area (Å²) in [6.07, 6.45) is 0.294. The van der Waals surface area contributed by atoms with Crippen molar-refractivity contribution in [1.29, 1.82) is 0 Å². The van der Waals surface area contributed by atoms with Crippen LogP contribution in [0.15, 0.2) is 29.2 Å². The van der Waals surface area contributed by atoms with Crippen LogP contribution in [0.2, 0.25) is 0 Å². The summed E-state index contributed by atoms with van der Waals surface area (Å²) in [7, 11) is 0.942. The van der Waals surface area contributed by atoms with Crippen LogP contribution in [0.5, 0.6) is 0 Å². The average molecular weight is 314 g/mol. The molecule has 0 aliphatic rings. The Bertz CT molecular complexity index is 567. The fraction of sp³-hybridized carbons (Fsp3) is 0.500. The van der Waals surface area contributed by atoms with Crippen LogP contribution in [-0.4, -0.2) is 53.0 Å². The van der Waals surface area contributed by atoms with Gasteiger partial charge in [0.2, 0.25) is 10.0 Å². The second-order valence-electron chi connectivity index (χ2n) is 4.69. The molecule has 0 amide bonds. The van der Waals surface area contributed by atoms with Gasteiger partial charge < -0.3 is 9.64 Å². The Balaban J connectivity index is 2.87. The number of sulfonamides is 1. The van der Waals surface area contributed by atoms with Gasteiger partial charge >= 0.3 is 5.97 Å². The Labute approximate surface area is 126 Å². The maximum absolute atomic E-state index is 12.0. The highest BCUT2D eigenvalue weighted by molar-refractivity contribution is 7.89. The minimum absolute atomic E-state index is 0.250. The van der Waals surface area contributed by atoms with Crippen molar-refractivity contribution >= 4 is 21.7 Å². The first-order chi connectivity index (χ1) is 9.82. The van der Waals surface area contributed by atoms with Gasteiger partial charge in [0, 0.05) is 32.9 Å². The molecule has 0 fully saturated rings. The Kier molecular flexibility index (Phi) is 6.17. The zero-order valence-corrected chi connectivity index (χ0v) is 13.7. The van der Waals surface area contributed by atoms with E-state index in [0.717, 1.165) is 12.2 Å². The normalized spacial score (nSPS) is 11.5. The summed E-state index contributed by atoms with van der Waals surface area (Å²) in [5, 5.41) is 0. The van der Waals surface area contributed by atoms with E-state index >= 15 is 0 Å². The van der Waals surface area contributed by atoms with Crippen LogP contribution in [0.1, 0.15) is 13.3 Å². The van der Waals surface area contributed by atoms with E-state index in [0.29, 0.717) is 13.0 Å². The molecule has 0 bridgehead atoms. The molecular formula is C14H22N2O4S. The van der Waals surface area contributed by atoms with Crippen LogP contribution in [0, 0.1) is 0 Å². The number of carbonyl (C=O) groups excluding carboxylic acids is 1. The van der Waals surface area contributed by atoms with Gasteiger partial charge in [0.05, 0.1) is 18.4 Å². The van der Waals surface area contributed by atoms with Crippen LogP contribution in [0.25, 0.3) is 0 Å². The summed E-state index contributed by atoms with van der Waals surface area (Å²) in [5.74, 6) is -0.264. The number of anilines is 1. The Hall–Kier alpha value is -1.60. The molecule has 0 aliphatic heterocycles. The van der Waals surface area contributed by atoms with E-state index in [1.54, 1.807) is 24.3 Å². The summed E-state index contributed by atoms with van der Waals surface area (Å²) in [6.45, 7) is 3.22. The van der Waals surface area contributed by atoms with E-state index in [1.165, 1.54) is 25.5 Å². The molecule has 1 rings (SSSR count). The predicted molar refractivity (Wildman–Crippen MR) is 81.8 cm³/mol. The second kappa shape index (κ2) is 7.42. The summed E-state index contributed by atoms with van der Waals surface area (Å²) >= 11 is 0. The van der Waals surface area contributed by atoms with Gasteiger partial charge in [-0.25, -0.2) is 12.7 Å². The Morgan fingerprint density at radius 3 is 2.19 bits per heavy atom. The molecule has 0 N–H and O–H groups in total. The molecular weight excluding hydrogens is 292 g/mol. The molecule has 1 aromatic rings. The first kappa shape index (κ1) is 17.5. The molecule has 0 aliphatic carbocycles. The molecule has 0 saturated carbocycles. The van der Waals surface area contributed by atoms with Gasteiger partial charge in [0.15, 0.2) is 0 Å². The SMILES string of the molecule is CCN(CCC(=O)OC)c1ccc(S(=O)(=O)N(C)C)cc1. The number of carbonyl (C=O) groups is 1. The largest absolute Gasteiger partial charge is 0.469 e. The molecule has 6 nitrogen and oxygen atoms in total. The van der Waals surface area contributed by atoms with Gasteiger partial charge in [0.25, 0.3) is 0 Å². The lowest BCUT2D eigenvalue weighted by Crippen LogP contribution is -2.26. The molecule has 0 radical (unpaired) electrons. The highest BCUT2D eigenvalue weighted by atomic mass is 32.2. The number of rotatable bonds is 7. The van der Waals surface area contributed by atoms with Crippen molar-refractivity contribution in [3.63, 3.8) is 0 Å². The van der Waals surface area contributed by atoms with Crippen LogP contribution >= 0.6 is 0 Å². The number of benzene rings is 1. The van der Waals surface area contributed by atoms with Gasteiger partial charge in [-0.05, 0) is 31.2 Å². The van der Waals surface area contributed by atoms with Gasteiger partial charge in [0.1, 0.15) is 0 Å². The molecule has 0 atom stereocenters. The number of nitrogens with zero attached hydrogens (tertiary/aromatic N) is 2. The van der Waals surface area contributed by atoms with Crippen LogP contribution in [0.3, 0.4) is 0 Å². The lowest BCUT2D eigenvalue weighted by Gasteiger charge is -2.23. The molecule has 7 heteroatoms. The van der Waals surface area contributed by atoms with Crippen molar-refractivity contribution < 1.29 is 17.9 Å². The van der Waals surface area contributed by atoms with E-state index in [4.69, 9.17) is 0 Å². The van der Waals surface area contributed by atoms with Crippen LogP contribution in [0.4, 0.5) is 5.69 Å². The molecule has 1 aromatic carbocycles. The maximum Gasteiger partial charge on any atom is 0.307 e. The molecule has 0 unspecified atom stereocenters. The lowest BCUT2D eigenvalue weighted by molar-refractivity contribution is -0.140. The topological polar surface area (TPSA) is 66.9 Å². The summed E-state index contributed by atoms with van der Waals surface area (Å²) in [5.41, 5.74) is 0.874. The van der Waals surface area contributed by atoms with Gasteiger partial charge in [-0.1, -0.05) is 0 Å². The number of methoxy groups -OCH3 is 1. The molecule has 0 heterocycles. The average Bonchev–Trinajstić information content (AvgIpc) is 2.47. The molecule has 0 aromatic heterocycles. The lowest BCUT2D eigenvalue weighted by atomic mass is 10.2. The number of hydrogen-bond acceptors (Lipinski definition) is 5. The highest BCUT2D eigenvalue weighted by Crippen LogP contribution is 2.19. The van der Waals surface area contributed by atoms with Crippen molar-refractivity contribution in [1.82, 2.24) is 4.31 Å². The van der Waals surface area contributed by atoms with E-state index in [2.05, 4.69) is 4.74 Å². The van der Waals surface area contributed by atoms with Crippen molar-refractivity contribution in [2.75, 3.05) is 39.2 Å². The Morgan fingerprint density at radius 2 is 1.76 bits per heavy atom. The number of esters is 1. The summed E-state index contributed by atoms with van der Waals surface area (Å²) in [4.78, 5) is 13.4. The van der Waals surface area contributed by atoms with E-state index in [9.17, 15) is 13.2 Å². The molecule has 21 heavy (non-hydrogen) atoms. The smallest absolute Gasteiger partial charge is 0.307 e. The van der Waals surface area contributed by atoms with Gasteiger partial charge in [-0.3, -0.25) is 4.79 Å². The van der Waals surface area contributed by atoms with Crippen molar-refractivity contribution in [3.05, 3.63) is 24.3 Å². The molecule has 118 valence electrons. The van der Waals surface area contributed by atoms with Crippen molar-refractivity contribution in [2.24, 2.45) is 0 Å². The maximum atomic E-state index is 12.0. The minimum atomic E-state index is -3.42. The van der Waals surface area contributed by atoms with Crippen molar-refractivity contribution in [2.45, 2.75) is 18.2 Å². The first-order valence-corrected chi connectivity index (χ1v) is 8.11. The third-order valence-electron chi connectivity index (χ3n) is 3.18. The fourth-order valence-electron chi connectivity index (χ4n) is 1.84. The quantitative estimate of drug-likeness (QED) is 0.710. The third kappa shape index (κ3) is 4.44. The zero-order chi connectivity index (χ0) is 16.0. The van der Waals surface area contributed by atoms with Crippen LogP contribution in [-0.2, 0) is 19.6 Å². The summed E-state index contributed by atoms with van der Waals surface area (Å²) < 4.78 is 29.8. The van der Waals surface area contributed by atoms with E-state index in [1.807, 2.05) is 11.8 Å². The molecule has 0 saturated heterocycles. The second-order valence-corrected chi connectivity index (χ2v) is 6.84. The number of ether oxygens (including phenoxy) is 1. The van der Waals surface area contributed by atoms with Crippen LogP contribution < -0.4 is 4.90 Å². The Morgan fingerprint density at radius 1 is 1.19 bits per heavy atom. The van der Waals surface area contributed by atoms with Crippen molar-refractivity contribution in [3.8, 4) is 0 Å². The fourth-order valence-corrected chi connectivity index (χ4v) is 2.74. The molecule has 0 spiro atoms. The standard InChI is InChI=1S/C14H22N2O4S/c1-5-16(11-10-14(17)20-4)12-6-8-13(9-7-12)21(18,19)15(2)3/h6-9H,5,10-11H2,1-4H3. The van der Waals surface area contributed by atoms with E-state index < -0.39 is 10.0 Å². The first-order valence-electron chi connectivity index (χ1n) is 6.67. The van der Waals surface area contributed by atoms with E-state index in [-0.39, 0.29) is 10.9 Å². The van der Waals surface area contributed by atoms with Gasteiger partial charge in [-0.15, -0.1) is 0 Å². The highest BCUT2D eigenvalue weighted by Gasteiger charge is 2.17. The van der Waals surface area contributed by atoms with Gasteiger partial charge in [-0.2, -0.15) is 0 Å².